The van der Waals surface area contributed by atoms with E-state index in [4.69, 9.17) is 0 Å². The van der Waals surface area contributed by atoms with Gasteiger partial charge in [-0.3, -0.25) is 4.98 Å². The van der Waals surface area contributed by atoms with Gasteiger partial charge in [-0.15, -0.1) is 13.2 Å². The Kier molecular flexibility index (Phi) is 3.63. The average molecular weight is 275 g/mol. The number of hydrogen-bond donors (Lipinski definition) is 0. The lowest BCUT2D eigenvalue weighted by Gasteiger charge is -2.18. The number of methoxy groups -OCH3 is 1. The van der Waals surface area contributed by atoms with Crippen LogP contribution in [0.2, 0.25) is 0 Å². The van der Waals surface area contributed by atoms with Crippen molar-refractivity contribution in [1.82, 2.24) is 4.98 Å². The van der Waals surface area contributed by atoms with Crippen LogP contribution in [0.1, 0.15) is 11.3 Å². The van der Waals surface area contributed by atoms with Crippen molar-refractivity contribution in [1.29, 1.82) is 0 Å². The fraction of sp³-hybridized carbons (Fsp3) is 0.444. The summed E-state index contributed by atoms with van der Waals surface area (Å²) in [6.07, 6.45) is -9.57. The second kappa shape index (κ2) is 4.54. The molecule has 1 aromatic heterocycles. The number of hydrogen-bond acceptors (Lipinski definition) is 3. The summed E-state index contributed by atoms with van der Waals surface area (Å²) >= 11 is 0. The molecule has 3 nitrogen and oxygen atoms in total. The largest absolute Gasteiger partial charge is 0.573 e. The molecule has 18 heavy (non-hydrogen) atoms. The van der Waals surface area contributed by atoms with E-state index in [1.54, 1.807) is 0 Å². The van der Waals surface area contributed by atoms with E-state index in [2.05, 4.69) is 14.5 Å². The van der Waals surface area contributed by atoms with E-state index in [9.17, 15) is 26.3 Å². The molecule has 0 atom stereocenters. The molecule has 0 unspecified atom stereocenters. The lowest BCUT2D eigenvalue weighted by molar-refractivity contribution is -0.276. The summed E-state index contributed by atoms with van der Waals surface area (Å²) in [5, 5.41) is 0. The second-order valence-electron chi connectivity index (χ2n) is 3.16. The fourth-order valence-corrected chi connectivity index (χ4v) is 1.26. The first kappa shape index (κ1) is 14.4. The van der Waals surface area contributed by atoms with Gasteiger partial charge in [-0.1, -0.05) is 0 Å². The van der Waals surface area contributed by atoms with Gasteiger partial charge in [-0.2, -0.15) is 13.2 Å². The highest BCUT2D eigenvalue weighted by Gasteiger charge is 2.43. The van der Waals surface area contributed by atoms with Crippen LogP contribution in [0, 0.1) is 6.92 Å². The number of pyridine rings is 1. The lowest BCUT2D eigenvalue weighted by atomic mass is 10.1. The minimum Gasteiger partial charge on any atom is -0.491 e. The van der Waals surface area contributed by atoms with E-state index in [1.807, 2.05) is 0 Å². The van der Waals surface area contributed by atoms with E-state index < -0.39 is 35.3 Å². The molecule has 0 fully saturated rings. The van der Waals surface area contributed by atoms with E-state index >= 15 is 0 Å². The van der Waals surface area contributed by atoms with Crippen molar-refractivity contribution >= 4 is 0 Å². The van der Waals surface area contributed by atoms with Gasteiger partial charge in [0.05, 0.1) is 19.0 Å². The normalized spacial score (nSPS) is 12.4. The maximum Gasteiger partial charge on any atom is 0.573 e. The van der Waals surface area contributed by atoms with Crippen LogP contribution in [-0.4, -0.2) is 18.5 Å². The van der Waals surface area contributed by atoms with E-state index in [0.717, 1.165) is 20.2 Å². The molecule has 0 aliphatic rings. The molecular formula is C9H7F6NO2. The third-order valence-corrected chi connectivity index (χ3v) is 1.91. The van der Waals surface area contributed by atoms with E-state index in [-0.39, 0.29) is 0 Å². The Balaban J connectivity index is 3.47. The Labute approximate surface area is 97.3 Å². The summed E-state index contributed by atoms with van der Waals surface area (Å²) in [7, 11) is 0.912. The zero-order valence-electron chi connectivity index (χ0n) is 9.11. The number of rotatable bonds is 2. The van der Waals surface area contributed by atoms with Crippen molar-refractivity contribution in [2.45, 2.75) is 19.5 Å². The first-order valence-corrected chi connectivity index (χ1v) is 4.42. The maximum absolute atomic E-state index is 12.7. The lowest BCUT2D eigenvalue weighted by Crippen LogP contribution is -2.21. The Morgan fingerprint density at radius 2 is 1.67 bits per heavy atom. The fourth-order valence-electron chi connectivity index (χ4n) is 1.26. The second-order valence-corrected chi connectivity index (χ2v) is 3.16. The third kappa shape index (κ3) is 3.17. The van der Waals surface area contributed by atoms with Crippen molar-refractivity contribution < 1.29 is 35.8 Å². The minimum absolute atomic E-state index is 0.637. The Bertz CT molecular complexity index is 440. The zero-order chi connectivity index (χ0) is 14.1. The first-order chi connectivity index (χ1) is 8.06. The van der Waals surface area contributed by atoms with Crippen LogP contribution >= 0.6 is 0 Å². The van der Waals surface area contributed by atoms with Crippen molar-refractivity contribution in [2.75, 3.05) is 7.11 Å². The predicted molar refractivity (Wildman–Crippen MR) is 47.2 cm³/mol. The van der Waals surface area contributed by atoms with Crippen molar-refractivity contribution in [3.8, 4) is 11.5 Å². The summed E-state index contributed by atoms with van der Waals surface area (Å²) in [5.74, 6) is -2.18. The summed E-state index contributed by atoms with van der Waals surface area (Å²) < 4.78 is 82.0. The summed E-state index contributed by atoms with van der Waals surface area (Å²) in [6.45, 7) is 0.922. The molecule has 0 N–H and O–H groups in total. The molecule has 0 spiro atoms. The van der Waals surface area contributed by atoms with E-state index in [0.29, 0.717) is 0 Å². The summed E-state index contributed by atoms with van der Waals surface area (Å²) in [4.78, 5) is 3.31. The van der Waals surface area contributed by atoms with Gasteiger partial charge < -0.3 is 9.47 Å². The number of aryl methyl sites for hydroxylation is 1. The van der Waals surface area contributed by atoms with Crippen LogP contribution in [0.25, 0.3) is 0 Å². The maximum atomic E-state index is 12.7. The quantitative estimate of drug-likeness (QED) is 0.776. The number of nitrogens with zero attached hydrogens (tertiary/aromatic N) is 1. The predicted octanol–water partition coefficient (Wildman–Crippen LogP) is 3.32. The van der Waals surface area contributed by atoms with Gasteiger partial charge >= 0.3 is 12.5 Å². The Hall–Kier alpha value is -1.67. The Morgan fingerprint density at radius 3 is 2.06 bits per heavy atom. The highest BCUT2D eigenvalue weighted by atomic mass is 19.4. The standard InChI is InChI=1S/C9H7F6NO2/c1-4-6(8(10,11)12)7(18-9(13,14)15)5(17-2)3-16-4/h3H,1-2H3. The number of halogens is 6. The first-order valence-electron chi connectivity index (χ1n) is 4.42. The monoisotopic (exact) mass is 275 g/mol. The van der Waals surface area contributed by atoms with Crippen LogP contribution in [-0.2, 0) is 6.18 Å². The highest BCUT2D eigenvalue weighted by molar-refractivity contribution is 5.48. The minimum atomic E-state index is -5.26. The van der Waals surface area contributed by atoms with Crippen molar-refractivity contribution in [3.05, 3.63) is 17.5 Å². The molecular weight excluding hydrogens is 268 g/mol. The van der Waals surface area contributed by atoms with Gasteiger partial charge in [0.25, 0.3) is 0 Å². The molecule has 0 aliphatic heterocycles. The molecule has 1 rings (SSSR count). The molecule has 1 aromatic rings. The molecule has 9 heteroatoms. The summed E-state index contributed by atoms with van der Waals surface area (Å²) in [5.41, 5.74) is -2.25. The third-order valence-electron chi connectivity index (χ3n) is 1.91. The highest BCUT2D eigenvalue weighted by Crippen LogP contribution is 2.44. The van der Waals surface area contributed by atoms with E-state index in [1.165, 1.54) is 0 Å². The van der Waals surface area contributed by atoms with Crippen LogP contribution in [0.4, 0.5) is 26.3 Å². The van der Waals surface area contributed by atoms with Crippen molar-refractivity contribution in [2.24, 2.45) is 0 Å². The molecule has 0 aliphatic carbocycles. The van der Waals surface area contributed by atoms with Crippen LogP contribution in [0.3, 0.4) is 0 Å². The van der Waals surface area contributed by atoms with Gasteiger partial charge in [0.2, 0.25) is 0 Å². The van der Waals surface area contributed by atoms with Gasteiger partial charge in [0, 0.05) is 0 Å². The molecule has 102 valence electrons. The van der Waals surface area contributed by atoms with Gasteiger partial charge in [-0.05, 0) is 6.92 Å². The number of aromatic nitrogens is 1. The van der Waals surface area contributed by atoms with Crippen LogP contribution in [0.5, 0.6) is 11.5 Å². The molecule has 0 saturated carbocycles. The molecule has 0 amide bonds. The Morgan fingerprint density at radius 1 is 1.11 bits per heavy atom. The van der Waals surface area contributed by atoms with Gasteiger partial charge in [0.15, 0.2) is 11.5 Å². The van der Waals surface area contributed by atoms with Crippen LogP contribution in [0.15, 0.2) is 6.20 Å². The topological polar surface area (TPSA) is 31.4 Å². The smallest absolute Gasteiger partial charge is 0.491 e. The van der Waals surface area contributed by atoms with Gasteiger partial charge in [-0.25, -0.2) is 0 Å². The van der Waals surface area contributed by atoms with Crippen molar-refractivity contribution in [3.63, 3.8) is 0 Å². The molecule has 0 saturated heterocycles. The number of ether oxygens (including phenoxy) is 2. The van der Waals surface area contributed by atoms with Gasteiger partial charge in [0.1, 0.15) is 5.56 Å². The SMILES string of the molecule is COc1cnc(C)c(C(F)(F)F)c1OC(F)(F)F. The summed E-state index contributed by atoms with van der Waals surface area (Å²) in [6, 6.07) is 0. The molecule has 0 aromatic carbocycles. The molecule has 0 bridgehead atoms. The average Bonchev–Trinajstić information content (AvgIpc) is 2.13. The zero-order valence-corrected chi connectivity index (χ0v) is 9.11. The molecule has 0 radical (unpaired) electrons. The number of alkyl halides is 6. The van der Waals surface area contributed by atoms with Crippen LogP contribution < -0.4 is 9.47 Å². The molecule has 1 heterocycles.